The molecule has 0 radical (unpaired) electrons. The molecule has 1 aromatic heterocycles. The maximum Gasteiger partial charge on any atom is 0.305 e. The van der Waals surface area contributed by atoms with Crippen molar-refractivity contribution in [3.8, 4) is 0 Å². The second-order valence-electron chi connectivity index (χ2n) is 5.03. The summed E-state index contributed by atoms with van der Waals surface area (Å²) in [4.78, 5) is 15.6. The maximum absolute atomic E-state index is 11.1. The third kappa shape index (κ3) is 3.45. The number of nitrogens with zero attached hydrogens (tertiary/aromatic N) is 1. The molecule has 1 aliphatic rings. The Morgan fingerprint density at radius 3 is 3.16 bits per heavy atom. The summed E-state index contributed by atoms with van der Waals surface area (Å²) in [5.74, 6) is -0.202. The molecule has 1 aromatic rings. The summed E-state index contributed by atoms with van der Waals surface area (Å²) in [5.41, 5.74) is 0.866. The molecular formula is C13H20N2O3S. The Kier molecular flexibility index (Phi) is 4.42. The molecule has 0 aromatic carbocycles. The number of methoxy groups -OCH3 is 1. The Labute approximate surface area is 117 Å². The van der Waals surface area contributed by atoms with Gasteiger partial charge in [0.1, 0.15) is 0 Å². The Balaban J connectivity index is 1.92. The minimum absolute atomic E-state index is 0.0581. The molecule has 2 atom stereocenters. The molecule has 0 saturated carbocycles. The molecule has 2 unspecified atom stereocenters. The topological polar surface area (TPSA) is 60.5 Å². The molecule has 0 amide bonds. The van der Waals surface area contributed by atoms with E-state index in [1.54, 1.807) is 11.3 Å². The number of hydrogen-bond donors (Lipinski definition) is 1. The fourth-order valence-corrected chi connectivity index (χ4v) is 2.93. The summed E-state index contributed by atoms with van der Waals surface area (Å²) >= 11 is 1.57. The highest BCUT2D eigenvalue weighted by molar-refractivity contribution is 7.13. The van der Waals surface area contributed by atoms with Crippen LogP contribution in [0.5, 0.6) is 0 Å². The lowest BCUT2D eigenvalue weighted by atomic mass is 9.95. The Bertz CT molecular complexity index is 449. The Hall–Kier alpha value is -1.14. The van der Waals surface area contributed by atoms with Gasteiger partial charge in [-0.3, -0.25) is 4.79 Å². The number of thiazole rings is 1. The van der Waals surface area contributed by atoms with Gasteiger partial charge >= 0.3 is 5.97 Å². The number of anilines is 1. The highest BCUT2D eigenvalue weighted by atomic mass is 32.1. The molecule has 0 spiro atoms. The van der Waals surface area contributed by atoms with Crippen molar-refractivity contribution < 1.29 is 14.3 Å². The van der Waals surface area contributed by atoms with Gasteiger partial charge in [-0.1, -0.05) is 0 Å². The summed E-state index contributed by atoms with van der Waals surface area (Å²) in [6, 6.07) is 0. The molecule has 5 nitrogen and oxygen atoms in total. The van der Waals surface area contributed by atoms with E-state index in [2.05, 4.69) is 28.9 Å². The van der Waals surface area contributed by atoms with Gasteiger partial charge < -0.3 is 14.8 Å². The van der Waals surface area contributed by atoms with E-state index in [1.165, 1.54) is 7.11 Å². The molecule has 0 bridgehead atoms. The van der Waals surface area contributed by atoms with E-state index in [0.29, 0.717) is 12.8 Å². The molecular weight excluding hydrogens is 264 g/mol. The van der Waals surface area contributed by atoms with Gasteiger partial charge in [0.05, 0.1) is 30.9 Å². The lowest BCUT2D eigenvalue weighted by Gasteiger charge is -2.28. The number of aromatic nitrogens is 1. The number of aryl methyl sites for hydroxylation is 1. The van der Waals surface area contributed by atoms with Crippen molar-refractivity contribution in [1.29, 1.82) is 0 Å². The van der Waals surface area contributed by atoms with Gasteiger partial charge in [-0.05, 0) is 20.3 Å². The molecule has 1 fully saturated rings. The van der Waals surface area contributed by atoms with E-state index in [4.69, 9.17) is 4.74 Å². The Morgan fingerprint density at radius 1 is 1.74 bits per heavy atom. The fourth-order valence-electron chi connectivity index (χ4n) is 2.05. The lowest BCUT2D eigenvalue weighted by molar-refractivity contribution is -0.140. The van der Waals surface area contributed by atoms with E-state index >= 15 is 0 Å². The number of carbonyl (C=O) groups excluding carboxylic acids is 1. The van der Waals surface area contributed by atoms with Crippen LogP contribution in [0.15, 0.2) is 5.38 Å². The molecule has 19 heavy (non-hydrogen) atoms. The quantitative estimate of drug-likeness (QED) is 0.840. The monoisotopic (exact) mass is 284 g/mol. The minimum Gasteiger partial charge on any atom is -0.469 e. The first kappa shape index (κ1) is 14.3. The normalized spacial score (nSPS) is 26.4. The first-order chi connectivity index (χ1) is 9.03. The van der Waals surface area contributed by atoms with Crippen LogP contribution in [0.25, 0.3) is 0 Å². The van der Waals surface area contributed by atoms with Crippen molar-refractivity contribution in [2.45, 2.75) is 44.8 Å². The number of hydrogen-bond acceptors (Lipinski definition) is 6. The van der Waals surface area contributed by atoms with Crippen LogP contribution in [0.4, 0.5) is 5.13 Å². The summed E-state index contributed by atoms with van der Waals surface area (Å²) in [5, 5.41) is 6.33. The molecule has 1 aliphatic heterocycles. The minimum atomic E-state index is -0.202. The molecule has 1 N–H and O–H groups in total. The van der Waals surface area contributed by atoms with E-state index < -0.39 is 0 Å². The van der Waals surface area contributed by atoms with Crippen molar-refractivity contribution in [3.05, 3.63) is 11.1 Å². The van der Waals surface area contributed by atoms with Gasteiger partial charge in [-0.2, -0.15) is 0 Å². The molecule has 6 heteroatoms. The van der Waals surface area contributed by atoms with E-state index in [-0.39, 0.29) is 17.6 Å². The van der Waals surface area contributed by atoms with Crippen molar-refractivity contribution in [2.24, 2.45) is 0 Å². The standard InChI is InChI=1S/C13H20N2O3S/c1-9-13(2,6-7-18-9)15-12-14-10(8-19-12)4-5-11(16)17-3/h8-9H,4-7H2,1-3H3,(H,14,15). The summed E-state index contributed by atoms with van der Waals surface area (Å²) in [6.45, 7) is 5.01. The zero-order chi connectivity index (χ0) is 13.9. The van der Waals surface area contributed by atoms with E-state index in [1.807, 2.05) is 5.38 Å². The average molecular weight is 284 g/mol. The number of rotatable bonds is 5. The smallest absolute Gasteiger partial charge is 0.305 e. The number of carbonyl (C=O) groups is 1. The van der Waals surface area contributed by atoms with E-state index in [0.717, 1.165) is 23.9 Å². The number of esters is 1. The SMILES string of the molecule is COC(=O)CCc1csc(NC2(C)CCOC2C)n1. The summed E-state index contributed by atoms with van der Waals surface area (Å²) < 4.78 is 10.2. The first-order valence-corrected chi connectivity index (χ1v) is 7.32. The van der Waals surface area contributed by atoms with Gasteiger partial charge in [0.15, 0.2) is 5.13 Å². The third-order valence-electron chi connectivity index (χ3n) is 3.64. The number of ether oxygens (including phenoxy) is 2. The van der Waals surface area contributed by atoms with Crippen LogP contribution < -0.4 is 5.32 Å². The molecule has 0 aliphatic carbocycles. The molecule has 2 heterocycles. The van der Waals surface area contributed by atoms with Crippen molar-refractivity contribution >= 4 is 22.4 Å². The van der Waals surface area contributed by atoms with E-state index in [9.17, 15) is 4.79 Å². The average Bonchev–Trinajstić information content (AvgIpc) is 2.95. The predicted octanol–water partition coefficient (Wildman–Crippen LogP) is 2.23. The van der Waals surface area contributed by atoms with Gasteiger partial charge in [-0.15, -0.1) is 11.3 Å². The van der Waals surface area contributed by atoms with Crippen LogP contribution in [0.2, 0.25) is 0 Å². The second-order valence-corrected chi connectivity index (χ2v) is 5.88. The summed E-state index contributed by atoms with van der Waals surface area (Å²) in [7, 11) is 1.40. The largest absolute Gasteiger partial charge is 0.469 e. The Morgan fingerprint density at radius 2 is 2.53 bits per heavy atom. The first-order valence-electron chi connectivity index (χ1n) is 6.44. The van der Waals surface area contributed by atoms with Crippen LogP contribution in [-0.2, 0) is 20.7 Å². The van der Waals surface area contributed by atoms with Gasteiger partial charge in [0.25, 0.3) is 0 Å². The highest BCUT2D eigenvalue weighted by Crippen LogP contribution is 2.30. The van der Waals surface area contributed by atoms with Gasteiger partial charge in [0, 0.05) is 18.4 Å². The lowest BCUT2D eigenvalue weighted by Crippen LogP contribution is -2.41. The van der Waals surface area contributed by atoms with Crippen LogP contribution in [0, 0.1) is 0 Å². The molecule has 106 valence electrons. The van der Waals surface area contributed by atoms with Crippen LogP contribution >= 0.6 is 11.3 Å². The van der Waals surface area contributed by atoms with Crippen molar-refractivity contribution in [2.75, 3.05) is 19.0 Å². The third-order valence-corrected chi connectivity index (χ3v) is 4.45. The fraction of sp³-hybridized carbons (Fsp3) is 0.692. The van der Waals surface area contributed by atoms with Crippen LogP contribution in [0.1, 0.15) is 32.4 Å². The van der Waals surface area contributed by atoms with Crippen LogP contribution in [0.3, 0.4) is 0 Å². The predicted molar refractivity (Wildman–Crippen MR) is 74.5 cm³/mol. The van der Waals surface area contributed by atoms with Crippen molar-refractivity contribution in [1.82, 2.24) is 4.98 Å². The zero-order valence-corrected chi connectivity index (χ0v) is 12.4. The molecule has 1 saturated heterocycles. The number of nitrogens with one attached hydrogen (secondary N) is 1. The summed E-state index contributed by atoms with van der Waals surface area (Å²) in [6.07, 6.45) is 2.14. The van der Waals surface area contributed by atoms with Crippen LogP contribution in [-0.4, -0.2) is 36.3 Å². The molecule has 2 rings (SSSR count). The maximum atomic E-state index is 11.1. The van der Waals surface area contributed by atoms with Crippen molar-refractivity contribution in [3.63, 3.8) is 0 Å². The van der Waals surface area contributed by atoms with Gasteiger partial charge in [0.2, 0.25) is 0 Å². The highest BCUT2D eigenvalue weighted by Gasteiger charge is 2.37. The van der Waals surface area contributed by atoms with Gasteiger partial charge in [-0.25, -0.2) is 4.98 Å². The second kappa shape index (κ2) is 5.88. The zero-order valence-electron chi connectivity index (χ0n) is 11.6.